The van der Waals surface area contributed by atoms with Gasteiger partial charge in [-0.05, 0) is 36.2 Å². The number of benzene rings is 1. The maximum atomic E-state index is 14.2. The highest BCUT2D eigenvalue weighted by Gasteiger charge is 2.37. The second kappa shape index (κ2) is 15.3. The molecule has 0 saturated carbocycles. The lowest BCUT2D eigenvalue weighted by molar-refractivity contribution is -0.137. The first-order valence-corrected chi connectivity index (χ1v) is 15.5. The van der Waals surface area contributed by atoms with E-state index in [0.29, 0.717) is 47.9 Å². The second-order valence-electron chi connectivity index (χ2n) is 10.7. The molecule has 0 radical (unpaired) electrons. The van der Waals surface area contributed by atoms with Crippen LogP contribution in [0.2, 0.25) is 10.0 Å². The maximum absolute atomic E-state index is 14.2. The van der Waals surface area contributed by atoms with E-state index in [1.54, 1.807) is 30.5 Å². The quantitative estimate of drug-likeness (QED) is 0.112. The Labute approximate surface area is 279 Å². The standard InChI is InChI=1S/C32H32Cl2F3N7O3/c1-47-31-19(16-39-17-20-6-8-25(46)42-20)5-7-23(44-31)21-10-12-40-29(28(21)34)22-3-2-4-24(27(22)33)43-30-26(32(35,36)37)18(9-11-41-30)15-38-13-14-45/h2-5,7,9-12,20,38-39,45H,6,8,13-17H2,1H3,(H,41,43)(H,42,46)/t20-/m0/s1. The third-order valence-corrected chi connectivity index (χ3v) is 8.31. The van der Waals surface area contributed by atoms with Gasteiger partial charge in [-0.2, -0.15) is 13.2 Å². The molecule has 5 rings (SSSR count). The summed E-state index contributed by atoms with van der Waals surface area (Å²) < 4.78 is 48.1. The number of hydrogen-bond acceptors (Lipinski definition) is 9. The van der Waals surface area contributed by atoms with E-state index >= 15 is 0 Å². The molecule has 1 saturated heterocycles. The number of methoxy groups -OCH3 is 1. The normalized spacial score (nSPS) is 14.7. The SMILES string of the molecule is COc1nc(-c2ccnc(-c3cccc(Nc4nccc(CNCCO)c4C(F)(F)F)c3Cl)c2Cl)ccc1CNC[C@@H]1CCC(=O)N1. The van der Waals surface area contributed by atoms with Gasteiger partial charge in [0.15, 0.2) is 0 Å². The minimum Gasteiger partial charge on any atom is -0.481 e. The number of nitrogens with one attached hydrogen (secondary N) is 4. The smallest absolute Gasteiger partial charge is 0.420 e. The molecule has 1 fully saturated rings. The van der Waals surface area contributed by atoms with Gasteiger partial charge in [0.25, 0.3) is 0 Å². The van der Waals surface area contributed by atoms with E-state index in [0.717, 1.165) is 12.0 Å². The van der Waals surface area contributed by atoms with Gasteiger partial charge < -0.3 is 31.1 Å². The van der Waals surface area contributed by atoms with E-state index in [2.05, 4.69) is 36.2 Å². The Kier molecular flexibility index (Phi) is 11.1. The molecule has 0 aliphatic carbocycles. The largest absolute Gasteiger partial charge is 0.481 e. The zero-order chi connectivity index (χ0) is 33.6. The Morgan fingerprint density at radius 1 is 1.00 bits per heavy atom. The Morgan fingerprint density at radius 2 is 1.79 bits per heavy atom. The van der Waals surface area contributed by atoms with Crippen LogP contribution in [0.15, 0.2) is 54.9 Å². The number of aromatic nitrogens is 3. The first-order chi connectivity index (χ1) is 22.6. The molecule has 1 atom stereocenters. The van der Waals surface area contributed by atoms with Crippen LogP contribution in [0.5, 0.6) is 5.88 Å². The number of carbonyl (C=O) groups is 1. The number of carbonyl (C=O) groups excluding carboxylic acids is 1. The van der Waals surface area contributed by atoms with Gasteiger partial charge >= 0.3 is 6.18 Å². The highest BCUT2D eigenvalue weighted by Crippen LogP contribution is 2.42. The topological polar surface area (TPSA) is 133 Å². The van der Waals surface area contributed by atoms with E-state index in [1.165, 1.54) is 25.4 Å². The van der Waals surface area contributed by atoms with E-state index in [9.17, 15) is 18.0 Å². The number of ether oxygens (including phenoxy) is 1. The van der Waals surface area contributed by atoms with E-state index in [-0.39, 0.29) is 52.9 Å². The minimum absolute atomic E-state index is 0.0415. The average molecular weight is 691 g/mol. The molecular weight excluding hydrogens is 658 g/mol. The van der Waals surface area contributed by atoms with Crippen molar-refractivity contribution in [2.75, 3.05) is 32.1 Å². The molecule has 0 unspecified atom stereocenters. The fourth-order valence-electron chi connectivity index (χ4n) is 5.27. The number of anilines is 2. The van der Waals surface area contributed by atoms with Gasteiger partial charge in [0.1, 0.15) is 11.4 Å². The van der Waals surface area contributed by atoms with E-state index in [4.69, 9.17) is 33.0 Å². The summed E-state index contributed by atoms with van der Waals surface area (Å²) in [6.45, 7) is 0.887. The average Bonchev–Trinajstić information content (AvgIpc) is 3.46. The van der Waals surface area contributed by atoms with Crippen LogP contribution in [-0.4, -0.2) is 58.8 Å². The molecule has 4 aromatic rings. The maximum Gasteiger partial charge on any atom is 0.420 e. The lowest BCUT2D eigenvalue weighted by atomic mass is 10.0. The lowest BCUT2D eigenvalue weighted by Gasteiger charge is -2.19. The number of pyridine rings is 3. The van der Waals surface area contributed by atoms with Gasteiger partial charge in [-0.25, -0.2) is 9.97 Å². The van der Waals surface area contributed by atoms with E-state index in [1.807, 2.05) is 6.07 Å². The Balaban J connectivity index is 1.41. The van der Waals surface area contributed by atoms with Crippen LogP contribution in [0, 0.1) is 0 Å². The van der Waals surface area contributed by atoms with Crippen molar-refractivity contribution in [3.8, 4) is 28.4 Å². The second-order valence-corrected chi connectivity index (χ2v) is 11.5. The third kappa shape index (κ3) is 8.11. The van der Waals surface area contributed by atoms with Crippen LogP contribution in [0.3, 0.4) is 0 Å². The van der Waals surface area contributed by atoms with Gasteiger partial charge in [0, 0.05) is 67.7 Å². The molecular formula is C32H32Cl2F3N7O3. The first-order valence-electron chi connectivity index (χ1n) is 14.7. The fourth-order valence-corrected chi connectivity index (χ4v) is 5.85. The summed E-state index contributed by atoms with van der Waals surface area (Å²) in [6.07, 6.45) is -0.595. The van der Waals surface area contributed by atoms with Gasteiger partial charge in [0.2, 0.25) is 11.8 Å². The van der Waals surface area contributed by atoms with Crippen molar-refractivity contribution < 1.29 is 27.8 Å². The molecule has 248 valence electrons. The van der Waals surface area contributed by atoms with Crippen molar-refractivity contribution >= 4 is 40.6 Å². The first kappa shape index (κ1) is 34.3. The van der Waals surface area contributed by atoms with Crippen molar-refractivity contribution in [3.63, 3.8) is 0 Å². The predicted octanol–water partition coefficient (Wildman–Crippen LogP) is 5.73. The number of aliphatic hydroxyl groups is 1. The molecule has 0 bridgehead atoms. The van der Waals surface area contributed by atoms with Crippen molar-refractivity contribution in [2.45, 2.75) is 38.1 Å². The number of alkyl halides is 3. The fraction of sp³-hybridized carbons (Fsp3) is 0.312. The van der Waals surface area contributed by atoms with Crippen molar-refractivity contribution in [1.29, 1.82) is 0 Å². The summed E-state index contributed by atoms with van der Waals surface area (Å²) in [4.78, 5) is 24.5. The summed E-state index contributed by atoms with van der Waals surface area (Å²) >= 11 is 13.6. The molecule has 1 amide bonds. The van der Waals surface area contributed by atoms with Crippen LogP contribution in [0.1, 0.15) is 29.5 Å². The molecule has 3 aromatic heterocycles. The summed E-state index contributed by atoms with van der Waals surface area (Å²) in [7, 11) is 1.52. The van der Waals surface area contributed by atoms with Crippen LogP contribution in [-0.2, 0) is 24.1 Å². The Morgan fingerprint density at radius 3 is 2.51 bits per heavy atom. The van der Waals surface area contributed by atoms with Crippen LogP contribution < -0.4 is 26.0 Å². The Hall–Kier alpha value is -4.01. The summed E-state index contributed by atoms with van der Waals surface area (Å²) in [5.41, 5.74) is 1.72. The zero-order valence-corrected chi connectivity index (χ0v) is 26.7. The van der Waals surface area contributed by atoms with Crippen molar-refractivity contribution in [1.82, 2.24) is 30.9 Å². The summed E-state index contributed by atoms with van der Waals surface area (Å²) in [5.74, 6) is 0.0251. The van der Waals surface area contributed by atoms with Gasteiger partial charge in [-0.3, -0.25) is 9.78 Å². The number of hydrogen-bond donors (Lipinski definition) is 5. The molecule has 1 aromatic carbocycles. The summed E-state index contributed by atoms with van der Waals surface area (Å²) in [6, 6.07) is 11.5. The zero-order valence-electron chi connectivity index (χ0n) is 25.2. The van der Waals surface area contributed by atoms with Crippen LogP contribution in [0.25, 0.3) is 22.5 Å². The monoisotopic (exact) mass is 689 g/mol. The van der Waals surface area contributed by atoms with Gasteiger partial charge in [-0.15, -0.1) is 0 Å². The van der Waals surface area contributed by atoms with Crippen molar-refractivity contribution in [2.24, 2.45) is 0 Å². The van der Waals surface area contributed by atoms with E-state index < -0.39 is 17.6 Å². The highest BCUT2D eigenvalue weighted by atomic mass is 35.5. The third-order valence-electron chi connectivity index (χ3n) is 7.52. The number of halogens is 5. The minimum atomic E-state index is -4.72. The highest BCUT2D eigenvalue weighted by molar-refractivity contribution is 6.39. The number of aliphatic hydroxyl groups excluding tert-OH is 1. The molecule has 1 aliphatic rings. The number of amides is 1. The summed E-state index contributed by atoms with van der Waals surface area (Å²) in [5, 5.41) is 21.1. The molecule has 47 heavy (non-hydrogen) atoms. The van der Waals surface area contributed by atoms with Crippen molar-refractivity contribution in [3.05, 3.63) is 81.6 Å². The Bertz CT molecular complexity index is 1740. The molecule has 0 spiro atoms. The van der Waals surface area contributed by atoms with Crippen LogP contribution >= 0.6 is 23.2 Å². The van der Waals surface area contributed by atoms with Gasteiger partial charge in [-0.1, -0.05) is 41.4 Å². The predicted molar refractivity (Wildman–Crippen MR) is 174 cm³/mol. The molecule has 10 nitrogen and oxygen atoms in total. The van der Waals surface area contributed by atoms with Crippen LogP contribution in [0.4, 0.5) is 24.7 Å². The number of rotatable bonds is 13. The molecule has 5 N–H and O–H groups in total. The molecule has 4 heterocycles. The number of nitrogens with zero attached hydrogens (tertiary/aromatic N) is 3. The lowest BCUT2D eigenvalue weighted by Crippen LogP contribution is -2.35. The van der Waals surface area contributed by atoms with Gasteiger partial charge in [0.05, 0.1) is 40.8 Å². The molecule has 15 heteroatoms. The molecule has 1 aliphatic heterocycles.